The normalized spacial score (nSPS) is 15.4. The highest BCUT2D eigenvalue weighted by Crippen LogP contribution is 2.28. The van der Waals surface area contributed by atoms with Crippen LogP contribution in [0.2, 0.25) is 0 Å². The summed E-state index contributed by atoms with van der Waals surface area (Å²) in [5.41, 5.74) is 2.07. The molecule has 0 bridgehead atoms. The maximum absolute atomic E-state index is 12.4. The zero-order valence-corrected chi connectivity index (χ0v) is 15.6. The fraction of sp³-hybridized carbons (Fsp3) is 0.200. The Hall–Kier alpha value is -3.26. The van der Waals surface area contributed by atoms with E-state index < -0.39 is 4.92 Å². The Balaban J connectivity index is 1.39. The van der Waals surface area contributed by atoms with Crippen LogP contribution in [-0.4, -0.2) is 29.0 Å². The molecule has 1 aliphatic rings. The summed E-state index contributed by atoms with van der Waals surface area (Å²) in [4.78, 5) is 27.2. The summed E-state index contributed by atoms with van der Waals surface area (Å²) in [6, 6.07) is 14.1. The molecule has 1 aliphatic heterocycles. The molecule has 0 saturated carbocycles. The number of rotatable bonds is 5. The zero-order valence-electron chi connectivity index (χ0n) is 14.8. The van der Waals surface area contributed by atoms with Gasteiger partial charge < -0.3 is 10.1 Å². The van der Waals surface area contributed by atoms with Crippen LogP contribution in [0.1, 0.15) is 16.1 Å². The van der Waals surface area contributed by atoms with Crippen molar-refractivity contribution < 1.29 is 14.5 Å². The number of nitrogens with one attached hydrogen (secondary N) is 1. The predicted molar refractivity (Wildman–Crippen MR) is 106 cm³/mol. The SMILES string of the molecule is O=C(NC[C@@H]1COc2ccccc2C1)c1csc(-c2cccc([N+](=O)[O-])c2)n1. The molecule has 2 heterocycles. The number of benzene rings is 2. The third kappa shape index (κ3) is 3.86. The van der Waals surface area contributed by atoms with Crippen molar-refractivity contribution in [3.63, 3.8) is 0 Å². The van der Waals surface area contributed by atoms with E-state index >= 15 is 0 Å². The largest absolute Gasteiger partial charge is 0.493 e. The molecule has 1 aromatic heterocycles. The fourth-order valence-electron chi connectivity index (χ4n) is 3.11. The summed E-state index contributed by atoms with van der Waals surface area (Å²) in [6.07, 6.45) is 0.854. The van der Waals surface area contributed by atoms with Gasteiger partial charge in [-0.1, -0.05) is 30.3 Å². The molecule has 1 atom stereocenters. The molecule has 2 aromatic carbocycles. The van der Waals surface area contributed by atoms with Gasteiger partial charge in [0.2, 0.25) is 0 Å². The third-order valence-corrected chi connectivity index (χ3v) is 5.44. The van der Waals surface area contributed by atoms with Gasteiger partial charge in [-0.05, 0) is 18.1 Å². The standard InChI is InChI=1S/C20H17N3O4S/c24-19(21-10-13-8-14-4-1-2-7-18(14)27-11-13)17-12-28-20(22-17)15-5-3-6-16(9-15)23(25)26/h1-7,9,12-13H,8,10-11H2,(H,21,24)/t13-/m1/s1. The van der Waals surface area contributed by atoms with Gasteiger partial charge in [-0.3, -0.25) is 14.9 Å². The Morgan fingerprint density at radius 1 is 1.29 bits per heavy atom. The summed E-state index contributed by atoms with van der Waals surface area (Å²) in [6.45, 7) is 1.06. The van der Waals surface area contributed by atoms with Crippen molar-refractivity contribution >= 4 is 22.9 Å². The van der Waals surface area contributed by atoms with Gasteiger partial charge >= 0.3 is 0 Å². The monoisotopic (exact) mass is 395 g/mol. The van der Waals surface area contributed by atoms with Crippen LogP contribution in [0.25, 0.3) is 10.6 Å². The number of aromatic nitrogens is 1. The van der Waals surface area contributed by atoms with E-state index in [4.69, 9.17) is 4.74 Å². The Labute approximate surface area is 165 Å². The molecular weight excluding hydrogens is 378 g/mol. The van der Waals surface area contributed by atoms with E-state index in [2.05, 4.69) is 10.3 Å². The number of carbonyl (C=O) groups excluding carboxylic acids is 1. The van der Waals surface area contributed by atoms with Crippen molar-refractivity contribution in [1.29, 1.82) is 0 Å². The van der Waals surface area contributed by atoms with Crippen LogP contribution in [-0.2, 0) is 6.42 Å². The number of nitrogens with zero attached hydrogens (tertiary/aromatic N) is 2. The number of hydrogen-bond donors (Lipinski definition) is 1. The second-order valence-electron chi connectivity index (χ2n) is 6.54. The summed E-state index contributed by atoms with van der Waals surface area (Å²) in [5, 5.41) is 16.1. The molecule has 7 nitrogen and oxygen atoms in total. The number of non-ortho nitro benzene ring substituents is 1. The molecule has 0 saturated heterocycles. The molecule has 3 aromatic rings. The Kier molecular flexibility index (Phi) is 5.03. The van der Waals surface area contributed by atoms with Gasteiger partial charge in [0, 0.05) is 35.5 Å². The second kappa shape index (κ2) is 7.77. The van der Waals surface area contributed by atoms with Gasteiger partial charge in [-0.2, -0.15) is 0 Å². The molecule has 4 rings (SSSR count). The van der Waals surface area contributed by atoms with Crippen LogP contribution < -0.4 is 10.1 Å². The highest BCUT2D eigenvalue weighted by Gasteiger charge is 2.21. The van der Waals surface area contributed by atoms with E-state index in [1.165, 1.54) is 23.5 Å². The van der Waals surface area contributed by atoms with Crippen molar-refractivity contribution in [2.45, 2.75) is 6.42 Å². The smallest absolute Gasteiger partial charge is 0.270 e. The molecule has 0 unspecified atom stereocenters. The van der Waals surface area contributed by atoms with Gasteiger partial charge in [0.1, 0.15) is 16.5 Å². The van der Waals surface area contributed by atoms with Crippen LogP contribution in [0, 0.1) is 16.0 Å². The van der Waals surface area contributed by atoms with Crippen LogP contribution >= 0.6 is 11.3 Å². The highest BCUT2D eigenvalue weighted by atomic mass is 32.1. The van der Waals surface area contributed by atoms with Crippen molar-refractivity contribution in [2.75, 3.05) is 13.2 Å². The Morgan fingerprint density at radius 3 is 3.00 bits per heavy atom. The molecule has 28 heavy (non-hydrogen) atoms. The number of hydrogen-bond acceptors (Lipinski definition) is 6. The zero-order chi connectivity index (χ0) is 19.5. The molecule has 1 N–H and O–H groups in total. The molecular formula is C20H17N3O4S. The number of fused-ring (bicyclic) bond motifs is 1. The quantitative estimate of drug-likeness (QED) is 0.525. The van der Waals surface area contributed by atoms with Gasteiger partial charge in [0.15, 0.2) is 0 Å². The van der Waals surface area contributed by atoms with Crippen molar-refractivity contribution in [2.24, 2.45) is 5.92 Å². The van der Waals surface area contributed by atoms with E-state index in [1.807, 2.05) is 24.3 Å². The molecule has 8 heteroatoms. The van der Waals surface area contributed by atoms with Gasteiger partial charge in [0.25, 0.3) is 11.6 Å². The van der Waals surface area contributed by atoms with E-state index in [-0.39, 0.29) is 17.5 Å². The van der Waals surface area contributed by atoms with E-state index in [9.17, 15) is 14.9 Å². The number of amides is 1. The minimum absolute atomic E-state index is 0.00344. The lowest BCUT2D eigenvalue weighted by Gasteiger charge is -2.25. The molecule has 0 aliphatic carbocycles. The number of para-hydroxylation sites is 1. The summed E-state index contributed by atoms with van der Waals surface area (Å²) >= 11 is 1.28. The third-order valence-electron chi connectivity index (χ3n) is 4.55. The first-order valence-corrected chi connectivity index (χ1v) is 9.67. The molecule has 142 valence electrons. The average molecular weight is 395 g/mol. The average Bonchev–Trinajstić information content (AvgIpc) is 3.22. The number of carbonyl (C=O) groups is 1. The number of nitro benzene ring substituents is 1. The second-order valence-corrected chi connectivity index (χ2v) is 7.40. The first kappa shape index (κ1) is 18.1. The van der Waals surface area contributed by atoms with Crippen LogP contribution in [0.15, 0.2) is 53.9 Å². The van der Waals surface area contributed by atoms with E-state index in [0.29, 0.717) is 29.4 Å². The van der Waals surface area contributed by atoms with E-state index in [0.717, 1.165) is 17.7 Å². The van der Waals surface area contributed by atoms with Gasteiger partial charge in [-0.25, -0.2) is 4.98 Å². The maximum atomic E-state index is 12.4. The van der Waals surface area contributed by atoms with Crippen molar-refractivity contribution in [3.8, 4) is 16.3 Å². The lowest BCUT2D eigenvalue weighted by atomic mass is 9.97. The number of nitro groups is 1. The first-order chi connectivity index (χ1) is 13.6. The minimum atomic E-state index is -0.449. The van der Waals surface area contributed by atoms with Crippen molar-refractivity contribution in [3.05, 3.63) is 75.3 Å². The van der Waals surface area contributed by atoms with Crippen molar-refractivity contribution in [1.82, 2.24) is 10.3 Å². The predicted octanol–water partition coefficient (Wildman–Crippen LogP) is 3.70. The van der Waals surface area contributed by atoms with Crippen LogP contribution in [0.4, 0.5) is 5.69 Å². The molecule has 1 amide bonds. The van der Waals surface area contributed by atoms with Crippen LogP contribution in [0.5, 0.6) is 5.75 Å². The topological polar surface area (TPSA) is 94.4 Å². The fourth-order valence-corrected chi connectivity index (χ4v) is 3.91. The molecule has 0 fully saturated rings. The van der Waals surface area contributed by atoms with Crippen LogP contribution in [0.3, 0.4) is 0 Å². The van der Waals surface area contributed by atoms with Gasteiger partial charge in [0.05, 0.1) is 11.5 Å². The molecule has 0 radical (unpaired) electrons. The lowest BCUT2D eigenvalue weighted by molar-refractivity contribution is -0.384. The summed E-state index contributed by atoms with van der Waals surface area (Å²) in [5.74, 6) is 0.853. The number of thiazole rings is 1. The summed E-state index contributed by atoms with van der Waals surface area (Å²) < 4.78 is 5.75. The summed E-state index contributed by atoms with van der Waals surface area (Å²) in [7, 11) is 0. The first-order valence-electron chi connectivity index (χ1n) is 8.79. The Morgan fingerprint density at radius 2 is 2.14 bits per heavy atom. The molecule has 0 spiro atoms. The Bertz CT molecular complexity index is 1030. The lowest BCUT2D eigenvalue weighted by Crippen LogP contribution is -2.34. The minimum Gasteiger partial charge on any atom is -0.493 e. The maximum Gasteiger partial charge on any atom is 0.270 e. The van der Waals surface area contributed by atoms with Gasteiger partial charge in [-0.15, -0.1) is 11.3 Å². The van der Waals surface area contributed by atoms with E-state index in [1.54, 1.807) is 17.5 Å². The number of ether oxygens (including phenoxy) is 1. The highest BCUT2D eigenvalue weighted by molar-refractivity contribution is 7.13.